The molecule has 0 saturated carbocycles. The van der Waals surface area contributed by atoms with Crippen LogP contribution in [-0.2, 0) is 4.57 Å². The second kappa shape index (κ2) is 4.73. The molecule has 0 saturated heterocycles. The molecular weight excluding hydrogens is 278 g/mol. The number of phosphoric acid groups is 1. The molecular formula is C8H7Cl2O5P. The molecule has 0 fully saturated rings. The highest BCUT2D eigenvalue weighted by atomic mass is 35.5. The average Bonchev–Trinajstić information content (AvgIpc) is 2.09. The lowest BCUT2D eigenvalue weighted by Gasteiger charge is -2.11. The van der Waals surface area contributed by atoms with E-state index in [1.165, 1.54) is 19.1 Å². The van der Waals surface area contributed by atoms with E-state index in [1.54, 1.807) is 0 Å². The maximum atomic E-state index is 11.0. The number of hydrogen-bond acceptors (Lipinski definition) is 3. The first-order valence-electron chi connectivity index (χ1n) is 3.96. The molecule has 0 aliphatic carbocycles. The third-order valence-corrected chi connectivity index (χ3v) is 2.60. The van der Waals surface area contributed by atoms with Gasteiger partial charge >= 0.3 is 7.82 Å². The molecule has 5 nitrogen and oxygen atoms in total. The van der Waals surface area contributed by atoms with Crippen molar-refractivity contribution in [2.75, 3.05) is 0 Å². The highest BCUT2D eigenvalue weighted by Gasteiger charge is 2.21. The van der Waals surface area contributed by atoms with Gasteiger partial charge in [-0.1, -0.05) is 23.2 Å². The van der Waals surface area contributed by atoms with Crippen LogP contribution in [0.15, 0.2) is 12.1 Å². The fourth-order valence-corrected chi connectivity index (χ4v) is 2.08. The Morgan fingerprint density at radius 1 is 1.31 bits per heavy atom. The molecule has 0 aliphatic heterocycles. The van der Waals surface area contributed by atoms with Gasteiger partial charge in [-0.15, -0.1) is 0 Å². The van der Waals surface area contributed by atoms with E-state index in [4.69, 9.17) is 33.0 Å². The summed E-state index contributed by atoms with van der Waals surface area (Å²) in [7, 11) is -4.73. The van der Waals surface area contributed by atoms with Crippen LogP contribution in [0.2, 0.25) is 10.0 Å². The molecule has 1 aromatic carbocycles. The number of phosphoric ester groups is 1. The monoisotopic (exact) mass is 284 g/mol. The molecule has 2 N–H and O–H groups in total. The molecule has 1 aromatic rings. The highest BCUT2D eigenvalue weighted by Crippen LogP contribution is 2.44. The van der Waals surface area contributed by atoms with Gasteiger partial charge in [0.1, 0.15) is 0 Å². The number of carbonyl (C=O) groups excluding carboxylic acids is 1. The molecule has 1 rings (SSSR count). The van der Waals surface area contributed by atoms with Gasteiger partial charge < -0.3 is 4.52 Å². The Morgan fingerprint density at radius 2 is 1.75 bits per heavy atom. The van der Waals surface area contributed by atoms with Crippen molar-refractivity contribution < 1.29 is 23.7 Å². The number of hydrogen-bond donors (Lipinski definition) is 2. The summed E-state index contributed by atoms with van der Waals surface area (Å²) in [6.45, 7) is 1.31. The zero-order valence-electron chi connectivity index (χ0n) is 7.98. The molecule has 0 amide bonds. The molecule has 8 heteroatoms. The fourth-order valence-electron chi connectivity index (χ4n) is 0.969. The van der Waals surface area contributed by atoms with Crippen molar-refractivity contribution in [2.24, 2.45) is 0 Å². The first-order chi connectivity index (χ1) is 7.20. The highest BCUT2D eigenvalue weighted by molar-refractivity contribution is 7.46. The van der Waals surface area contributed by atoms with Crippen LogP contribution in [-0.4, -0.2) is 15.6 Å². The van der Waals surface area contributed by atoms with Gasteiger partial charge in [0.25, 0.3) is 0 Å². The smallest absolute Gasteiger partial charge is 0.401 e. The second-order valence-corrected chi connectivity index (χ2v) is 4.89. The second-order valence-electron chi connectivity index (χ2n) is 2.91. The molecule has 0 aromatic heterocycles. The van der Waals surface area contributed by atoms with Crippen LogP contribution in [0.4, 0.5) is 0 Å². The van der Waals surface area contributed by atoms with E-state index >= 15 is 0 Å². The van der Waals surface area contributed by atoms with E-state index in [0.29, 0.717) is 0 Å². The number of carbonyl (C=O) groups is 1. The lowest BCUT2D eigenvalue weighted by atomic mass is 10.1. The van der Waals surface area contributed by atoms with E-state index in [-0.39, 0.29) is 27.1 Å². The SMILES string of the molecule is CC(=O)c1cc(Cl)c(OP(=O)(O)O)c(Cl)c1. The van der Waals surface area contributed by atoms with Crippen molar-refractivity contribution in [1.29, 1.82) is 0 Å². The molecule has 0 bridgehead atoms. The van der Waals surface area contributed by atoms with E-state index in [0.717, 1.165) is 0 Å². The molecule has 88 valence electrons. The maximum Gasteiger partial charge on any atom is 0.524 e. The van der Waals surface area contributed by atoms with Gasteiger partial charge in [-0.2, -0.15) is 0 Å². The van der Waals surface area contributed by atoms with Crippen LogP contribution in [0.3, 0.4) is 0 Å². The maximum absolute atomic E-state index is 11.0. The Bertz CT molecular complexity index is 458. The first kappa shape index (κ1) is 13.5. The van der Waals surface area contributed by atoms with Crippen LogP contribution < -0.4 is 4.52 Å². The fraction of sp³-hybridized carbons (Fsp3) is 0.125. The molecule has 0 atom stereocenters. The van der Waals surface area contributed by atoms with Gasteiger partial charge in [-0.05, 0) is 19.1 Å². The number of Topliss-reactive ketones (excluding diaryl/α,β-unsaturated/α-hetero) is 1. The number of halogens is 2. The Hall–Kier alpha value is -0.580. The summed E-state index contributed by atoms with van der Waals surface area (Å²) < 4.78 is 14.9. The van der Waals surface area contributed by atoms with Gasteiger partial charge in [-0.25, -0.2) is 4.57 Å². The standard InChI is InChI=1S/C8H7Cl2O5P/c1-4(11)5-2-6(9)8(7(10)3-5)15-16(12,13)14/h2-3H,1H3,(H2,12,13,14). The van der Waals surface area contributed by atoms with Crippen LogP contribution >= 0.6 is 31.0 Å². The van der Waals surface area contributed by atoms with Crippen LogP contribution in [0.1, 0.15) is 17.3 Å². The van der Waals surface area contributed by atoms with Crippen molar-refractivity contribution in [1.82, 2.24) is 0 Å². The molecule has 0 aliphatic rings. The predicted molar refractivity (Wildman–Crippen MR) is 59.1 cm³/mol. The summed E-state index contributed by atoms with van der Waals surface area (Å²) >= 11 is 11.4. The third kappa shape index (κ3) is 3.47. The molecule has 0 spiro atoms. The Labute approximate surface area is 101 Å². The number of benzene rings is 1. The summed E-state index contributed by atoms with van der Waals surface area (Å²) in [4.78, 5) is 28.2. The van der Waals surface area contributed by atoms with Crippen molar-refractivity contribution in [3.05, 3.63) is 27.7 Å². The normalized spacial score (nSPS) is 11.3. The zero-order chi connectivity index (χ0) is 12.5. The first-order valence-corrected chi connectivity index (χ1v) is 6.24. The Morgan fingerprint density at radius 3 is 2.06 bits per heavy atom. The minimum Gasteiger partial charge on any atom is -0.401 e. The molecule has 0 radical (unpaired) electrons. The van der Waals surface area contributed by atoms with E-state index in [1.807, 2.05) is 0 Å². The van der Waals surface area contributed by atoms with Crippen molar-refractivity contribution in [2.45, 2.75) is 6.92 Å². The summed E-state index contributed by atoms with van der Waals surface area (Å²) in [5.74, 6) is -0.617. The zero-order valence-corrected chi connectivity index (χ0v) is 10.4. The lowest BCUT2D eigenvalue weighted by molar-refractivity contribution is 0.101. The molecule has 16 heavy (non-hydrogen) atoms. The summed E-state index contributed by atoms with van der Waals surface area (Å²) in [6, 6.07) is 2.45. The lowest BCUT2D eigenvalue weighted by Crippen LogP contribution is -1.96. The summed E-state index contributed by atoms with van der Waals surface area (Å²) in [6.07, 6.45) is 0. The van der Waals surface area contributed by atoms with Crippen molar-refractivity contribution in [3.63, 3.8) is 0 Å². The molecule has 0 unspecified atom stereocenters. The minimum atomic E-state index is -4.73. The van der Waals surface area contributed by atoms with Crippen molar-refractivity contribution >= 4 is 36.8 Å². The Kier molecular flexibility index (Phi) is 3.99. The van der Waals surface area contributed by atoms with Gasteiger partial charge in [0.05, 0.1) is 10.0 Å². The summed E-state index contributed by atoms with van der Waals surface area (Å²) in [5, 5.41) is -0.276. The third-order valence-electron chi connectivity index (χ3n) is 1.62. The van der Waals surface area contributed by atoms with Gasteiger partial charge in [-0.3, -0.25) is 14.6 Å². The average molecular weight is 285 g/mol. The van der Waals surface area contributed by atoms with Gasteiger partial charge in [0.15, 0.2) is 11.5 Å². The molecule has 0 heterocycles. The predicted octanol–water partition coefficient (Wildman–Crippen LogP) is 2.67. The van der Waals surface area contributed by atoms with Gasteiger partial charge in [0.2, 0.25) is 0 Å². The number of ketones is 1. The van der Waals surface area contributed by atoms with Gasteiger partial charge in [0, 0.05) is 5.56 Å². The minimum absolute atomic E-state index is 0.138. The van der Waals surface area contributed by atoms with Crippen LogP contribution in [0.5, 0.6) is 5.75 Å². The topological polar surface area (TPSA) is 83.8 Å². The largest absolute Gasteiger partial charge is 0.524 e. The van der Waals surface area contributed by atoms with Crippen LogP contribution in [0.25, 0.3) is 0 Å². The summed E-state index contributed by atoms with van der Waals surface area (Å²) in [5.41, 5.74) is 0.230. The quantitative estimate of drug-likeness (QED) is 0.658. The van der Waals surface area contributed by atoms with Crippen LogP contribution in [0, 0.1) is 0 Å². The Balaban J connectivity index is 3.23. The van der Waals surface area contributed by atoms with E-state index < -0.39 is 7.82 Å². The van der Waals surface area contributed by atoms with Crippen molar-refractivity contribution in [3.8, 4) is 5.75 Å². The van der Waals surface area contributed by atoms with E-state index in [9.17, 15) is 9.36 Å². The number of rotatable bonds is 3. The van der Waals surface area contributed by atoms with E-state index in [2.05, 4.69) is 4.52 Å².